The van der Waals surface area contributed by atoms with Gasteiger partial charge in [-0.05, 0) is 13.3 Å². The highest BCUT2D eigenvalue weighted by Crippen LogP contribution is 2.04. The van der Waals surface area contributed by atoms with Crippen molar-refractivity contribution in [3.8, 4) is 0 Å². The summed E-state index contributed by atoms with van der Waals surface area (Å²) in [5, 5.41) is 2.87. The Hall–Kier alpha value is -1.49. The molecule has 0 spiro atoms. The third-order valence-corrected chi connectivity index (χ3v) is 2.31. The molecule has 0 aromatic carbocycles. The van der Waals surface area contributed by atoms with E-state index in [1.807, 2.05) is 0 Å². The van der Waals surface area contributed by atoms with Crippen molar-refractivity contribution in [3.05, 3.63) is 23.8 Å². The molecule has 1 aromatic rings. The van der Waals surface area contributed by atoms with Crippen molar-refractivity contribution in [2.45, 2.75) is 19.4 Å². The number of ether oxygens (including phenoxy) is 1. The standard InChI is InChI=1S/C10H13N3O2/c1-7-11-4-8(5-12-7)10(14)13-9-2-3-15-6-9/h4-5,9H,2-3,6H2,1H3,(H,13,14)/t9-/m0/s1. The maximum Gasteiger partial charge on any atom is 0.254 e. The molecular formula is C10H13N3O2. The average molecular weight is 207 g/mol. The number of aromatic nitrogens is 2. The van der Waals surface area contributed by atoms with Crippen molar-refractivity contribution in [1.82, 2.24) is 15.3 Å². The number of nitrogens with one attached hydrogen (secondary N) is 1. The Bertz CT molecular complexity index is 344. The van der Waals surface area contributed by atoms with Crippen LogP contribution in [-0.2, 0) is 4.74 Å². The number of rotatable bonds is 2. The molecule has 80 valence electrons. The molecule has 15 heavy (non-hydrogen) atoms. The molecule has 0 aliphatic carbocycles. The van der Waals surface area contributed by atoms with E-state index in [9.17, 15) is 4.79 Å². The van der Waals surface area contributed by atoms with E-state index in [4.69, 9.17) is 4.74 Å². The summed E-state index contributed by atoms with van der Waals surface area (Å²) in [6.07, 6.45) is 3.94. The number of nitrogens with zero attached hydrogens (tertiary/aromatic N) is 2. The Morgan fingerprint density at radius 1 is 1.53 bits per heavy atom. The van der Waals surface area contributed by atoms with Crippen LogP contribution in [0, 0.1) is 6.92 Å². The Balaban J connectivity index is 1.98. The number of amides is 1. The average Bonchev–Trinajstić information content (AvgIpc) is 2.71. The van der Waals surface area contributed by atoms with Crippen molar-refractivity contribution < 1.29 is 9.53 Å². The molecule has 1 aliphatic rings. The lowest BCUT2D eigenvalue weighted by molar-refractivity contribution is 0.0929. The SMILES string of the molecule is Cc1ncc(C(=O)N[C@H]2CCOC2)cn1. The minimum absolute atomic E-state index is 0.124. The molecule has 1 fully saturated rings. The molecule has 1 aliphatic heterocycles. The van der Waals surface area contributed by atoms with Gasteiger partial charge in [0.05, 0.1) is 18.2 Å². The summed E-state index contributed by atoms with van der Waals surface area (Å²) in [6.45, 7) is 3.10. The Labute approximate surface area is 87.9 Å². The first-order valence-corrected chi connectivity index (χ1v) is 4.93. The summed E-state index contributed by atoms with van der Waals surface area (Å²) in [4.78, 5) is 19.6. The summed E-state index contributed by atoms with van der Waals surface area (Å²) in [5.41, 5.74) is 0.493. The van der Waals surface area contributed by atoms with Crippen LogP contribution in [-0.4, -0.2) is 35.1 Å². The molecule has 5 nitrogen and oxygen atoms in total. The van der Waals surface area contributed by atoms with Crippen LogP contribution in [0.2, 0.25) is 0 Å². The van der Waals surface area contributed by atoms with Gasteiger partial charge in [0.2, 0.25) is 0 Å². The van der Waals surface area contributed by atoms with Crippen LogP contribution in [0.5, 0.6) is 0 Å². The van der Waals surface area contributed by atoms with Gasteiger partial charge in [-0.1, -0.05) is 0 Å². The molecule has 0 radical (unpaired) electrons. The Kier molecular flexibility index (Phi) is 2.91. The predicted octanol–water partition coefficient (Wildman–Crippen LogP) is 0.304. The summed E-state index contributed by atoms with van der Waals surface area (Å²) < 4.78 is 5.17. The fraction of sp³-hybridized carbons (Fsp3) is 0.500. The molecule has 1 saturated heterocycles. The first-order valence-electron chi connectivity index (χ1n) is 4.93. The van der Waals surface area contributed by atoms with Crippen molar-refractivity contribution in [3.63, 3.8) is 0 Å². The van der Waals surface area contributed by atoms with Gasteiger partial charge in [0.1, 0.15) is 5.82 Å². The van der Waals surface area contributed by atoms with Crippen LogP contribution in [0.1, 0.15) is 22.6 Å². The number of carbonyl (C=O) groups is 1. The maximum absolute atomic E-state index is 11.7. The zero-order chi connectivity index (χ0) is 10.7. The van der Waals surface area contributed by atoms with Crippen molar-refractivity contribution >= 4 is 5.91 Å². The molecule has 5 heteroatoms. The minimum atomic E-state index is -0.134. The fourth-order valence-electron chi connectivity index (χ4n) is 1.43. The van der Waals surface area contributed by atoms with Crippen LogP contribution in [0.4, 0.5) is 0 Å². The van der Waals surface area contributed by atoms with Gasteiger partial charge in [0.15, 0.2) is 0 Å². The normalized spacial score (nSPS) is 20.2. The Morgan fingerprint density at radius 3 is 2.87 bits per heavy atom. The molecule has 1 N–H and O–H groups in total. The maximum atomic E-state index is 11.7. The van der Waals surface area contributed by atoms with Crippen LogP contribution >= 0.6 is 0 Å². The first kappa shape index (κ1) is 10.0. The van der Waals surface area contributed by atoms with Crippen LogP contribution < -0.4 is 5.32 Å². The summed E-state index contributed by atoms with van der Waals surface area (Å²) >= 11 is 0. The highest BCUT2D eigenvalue weighted by molar-refractivity contribution is 5.93. The van der Waals surface area contributed by atoms with Gasteiger partial charge in [0.25, 0.3) is 5.91 Å². The first-order chi connectivity index (χ1) is 7.25. The molecule has 0 unspecified atom stereocenters. The van der Waals surface area contributed by atoms with Gasteiger partial charge in [-0.15, -0.1) is 0 Å². The third kappa shape index (κ3) is 2.50. The van der Waals surface area contributed by atoms with E-state index < -0.39 is 0 Å². The molecule has 1 aromatic heterocycles. The second kappa shape index (κ2) is 4.35. The van der Waals surface area contributed by atoms with E-state index in [0.717, 1.165) is 13.0 Å². The highest BCUT2D eigenvalue weighted by Gasteiger charge is 2.18. The van der Waals surface area contributed by atoms with Crippen molar-refractivity contribution in [2.24, 2.45) is 0 Å². The van der Waals surface area contributed by atoms with Gasteiger partial charge >= 0.3 is 0 Å². The predicted molar refractivity (Wildman–Crippen MR) is 53.5 cm³/mol. The molecular weight excluding hydrogens is 194 g/mol. The Morgan fingerprint density at radius 2 is 2.27 bits per heavy atom. The van der Waals surface area contributed by atoms with E-state index in [2.05, 4.69) is 15.3 Å². The van der Waals surface area contributed by atoms with Crippen molar-refractivity contribution in [1.29, 1.82) is 0 Å². The van der Waals surface area contributed by atoms with Gasteiger partial charge in [-0.2, -0.15) is 0 Å². The van der Waals surface area contributed by atoms with Gasteiger partial charge in [-0.25, -0.2) is 9.97 Å². The molecule has 0 saturated carbocycles. The fourth-order valence-corrected chi connectivity index (χ4v) is 1.43. The van der Waals surface area contributed by atoms with Gasteiger partial charge in [0, 0.05) is 19.0 Å². The molecule has 2 heterocycles. The lowest BCUT2D eigenvalue weighted by Crippen LogP contribution is -2.35. The second-order valence-electron chi connectivity index (χ2n) is 3.55. The summed E-state index contributed by atoms with van der Waals surface area (Å²) in [7, 11) is 0. The number of carbonyl (C=O) groups excluding carboxylic acids is 1. The van der Waals surface area contributed by atoms with E-state index in [1.54, 1.807) is 6.92 Å². The topological polar surface area (TPSA) is 64.1 Å². The number of aryl methyl sites for hydroxylation is 1. The summed E-state index contributed by atoms with van der Waals surface area (Å²) in [6, 6.07) is 0.124. The van der Waals surface area contributed by atoms with E-state index >= 15 is 0 Å². The van der Waals surface area contributed by atoms with E-state index in [1.165, 1.54) is 12.4 Å². The monoisotopic (exact) mass is 207 g/mol. The number of hydrogen-bond acceptors (Lipinski definition) is 4. The zero-order valence-corrected chi connectivity index (χ0v) is 8.56. The van der Waals surface area contributed by atoms with Crippen LogP contribution in [0.15, 0.2) is 12.4 Å². The molecule has 1 amide bonds. The minimum Gasteiger partial charge on any atom is -0.379 e. The molecule has 2 rings (SSSR count). The molecule has 0 bridgehead atoms. The van der Waals surface area contributed by atoms with Crippen molar-refractivity contribution in [2.75, 3.05) is 13.2 Å². The van der Waals surface area contributed by atoms with Gasteiger partial charge < -0.3 is 10.1 Å². The number of hydrogen-bond donors (Lipinski definition) is 1. The lowest BCUT2D eigenvalue weighted by Gasteiger charge is -2.09. The lowest BCUT2D eigenvalue weighted by atomic mass is 10.2. The zero-order valence-electron chi connectivity index (χ0n) is 8.56. The van der Waals surface area contributed by atoms with E-state index in [-0.39, 0.29) is 11.9 Å². The summed E-state index contributed by atoms with van der Waals surface area (Å²) in [5.74, 6) is 0.529. The van der Waals surface area contributed by atoms with Crippen LogP contribution in [0.3, 0.4) is 0 Å². The van der Waals surface area contributed by atoms with Gasteiger partial charge in [-0.3, -0.25) is 4.79 Å². The quantitative estimate of drug-likeness (QED) is 0.757. The smallest absolute Gasteiger partial charge is 0.254 e. The third-order valence-electron chi connectivity index (χ3n) is 2.31. The largest absolute Gasteiger partial charge is 0.379 e. The van der Waals surface area contributed by atoms with Crippen LogP contribution in [0.25, 0.3) is 0 Å². The molecule has 1 atom stereocenters. The second-order valence-corrected chi connectivity index (χ2v) is 3.55. The highest BCUT2D eigenvalue weighted by atomic mass is 16.5. The van der Waals surface area contributed by atoms with E-state index in [0.29, 0.717) is 18.0 Å².